The lowest BCUT2D eigenvalue weighted by atomic mass is 10.1. The topological polar surface area (TPSA) is 40.5 Å². The Morgan fingerprint density at radius 1 is 1.12 bits per heavy atom. The summed E-state index contributed by atoms with van der Waals surface area (Å²) in [7, 11) is 0. The summed E-state index contributed by atoms with van der Waals surface area (Å²) in [6.07, 6.45) is 3.87. The molecule has 0 radical (unpaired) electrons. The number of aromatic hydroxyl groups is 1. The summed E-state index contributed by atoms with van der Waals surface area (Å²) in [5.41, 5.74) is 2.72. The van der Waals surface area contributed by atoms with Crippen molar-refractivity contribution in [3.63, 3.8) is 0 Å². The number of thioether (sulfide) groups is 1. The molecule has 0 spiro atoms. The number of thiocarbonyl (C=S) groups is 1. The number of allylic oxidation sites excluding steroid dienone is 2. The zero-order chi connectivity index (χ0) is 17.1. The quantitative estimate of drug-likeness (QED) is 0.639. The summed E-state index contributed by atoms with van der Waals surface area (Å²) >= 11 is 6.62. The molecule has 0 unspecified atom stereocenters. The molecule has 1 amide bonds. The van der Waals surface area contributed by atoms with E-state index in [0.29, 0.717) is 14.9 Å². The first kappa shape index (κ1) is 16.5. The summed E-state index contributed by atoms with van der Waals surface area (Å²) < 4.78 is 0.490. The van der Waals surface area contributed by atoms with Crippen molar-refractivity contribution in [3.05, 3.63) is 76.7 Å². The largest absolute Gasteiger partial charge is 0.508 e. The van der Waals surface area contributed by atoms with Crippen LogP contribution in [0.15, 0.2) is 71.2 Å². The van der Waals surface area contributed by atoms with Crippen molar-refractivity contribution in [1.82, 2.24) is 0 Å². The molecular weight excluding hydrogens is 338 g/mol. The zero-order valence-corrected chi connectivity index (χ0v) is 14.6. The summed E-state index contributed by atoms with van der Waals surface area (Å²) in [5.74, 6) is 0.0119. The molecule has 24 heavy (non-hydrogen) atoms. The van der Waals surface area contributed by atoms with E-state index in [-0.39, 0.29) is 11.7 Å². The number of hydrogen-bond acceptors (Lipinski definition) is 4. The van der Waals surface area contributed by atoms with Gasteiger partial charge in [0, 0.05) is 0 Å². The van der Waals surface area contributed by atoms with Crippen LogP contribution in [0.3, 0.4) is 0 Å². The summed E-state index contributed by atoms with van der Waals surface area (Å²) in [6.45, 7) is 1.96. The van der Waals surface area contributed by atoms with Crippen LogP contribution >= 0.6 is 24.0 Å². The second-order valence-corrected chi connectivity index (χ2v) is 7.01. The molecule has 120 valence electrons. The third kappa shape index (κ3) is 3.58. The Morgan fingerprint density at radius 3 is 2.46 bits per heavy atom. The standard InChI is InChI=1S/C19H15NO2S2/c1-13(11-14-5-3-2-4-6-14)12-17-18(22)20(19(23)24-17)15-7-9-16(21)10-8-15/h2-12,21H,1H3/b13-11+,17-12+. The van der Waals surface area contributed by atoms with Gasteiger partial charge in [0.1, 0.15) is 5.75 Å². The number of benzene rings is 2. The molecule has 3 rings (SSSR count). The highest BCUT2D eigenvalue weighted by Gasteiger charge is 2.33. The van der Waals surface area contributed by atoms with Crippen molar-refractivity contribution in [2.45, 2.75) is 6.92 Å². The molecular formula is C19H15NO2S2. The number of hydrogen-bond donors (Lipinski definition) is 1. The van der Waals surface area contributed by atoms with E-state index in [4.69, 9.17) is 12.2 Å². The third-order valence-electron chi connectivity index (χ3n) is 3.45. The first-order valence-electron chi connectivity index (χ1n) is 7.35. The fraction of sp³-hybridized carbons (Fsp3) is 0.0526. The molecule has 1 aliphatic heterocycles. The number of carbonyl (C=O) groups is 1. The zero-order valence-electron chi connectivity index (χ0n) is 13.0. The second-order valence-electron chi connectivity index (χ2n) is 5.33. The summed E-state index contributed by atoms with van der Waals surface area (Å²) in [5, 5.41) is 9.38. The summed E-state index contributed by atoms with van der Waals surface area (Å²) in [6, 6.07) is 16.4. The van der Waals surface area contributed by atoms with E-state index in [1.54, 1.807) is 12.1 Å². The number of amides is 1. The lowest BCUT2D eigenvalue weighted by Gasteiger charge is -2.14. The van der Waals surface area contributed by atoms with Crippen molar-refractivity contribution in [2.24, 2.45) is 0 Å². The number of nitrogens with zero attached hydrogens (tertiary/aromatic N) is 1. The maximum absolute atomic E-state index is 12.6. The molecule has 0 atom stereocenters. The Morgan fingerprint density at radius 2 is 1.79 bits per heavy atom. The maximum Gasteiger partial charge on any atom is 0.270 e. The van der Waals surface area contributed by atoms with Gasteiger partial charge in [-0.2, -0.15) is 0 Å². The molecule has 1 saturated heterocycles. The van der Waals surface area contributed by atoms with Crippen molar-refractivity contribution in [2.75, 3.05) is 4.90 Å². The van der Waals surface area contributed by atoms with Crippen molar-refractivity contribution >= 4 is 46.0 Å². The van der Waals surface area contributed by atoms with Gasteiger partial charge in [-0.05, 0) is 48.4 Å². The molecule has 0 aromatic heterocycles. The number of phenolic OH excluding ortho intramolecular Hbond substituents is 1. The van der Waals surface area contributed by atoms with E-state index in [2.05, 4.69) is 0 Å². The lowest BCUT2D eigenvalue weighted by Crippen LogP contribution is -2.27. The highest BCUT2D eigenvalue weighted by Crippen LogP contribution is 2.36. The van der Waals surface area contributed by atoms with Crippen LogP contribution in [0.25, 0.3) is 6.08 Å². The van der Waals surface area contributed by atoms with Gasteiger partial charge in [0.2, 0.25) is 0 Å². The third-order valence-corrected chi connectivity index (χ3v) is 4.76. The van der Waals surface area contributed by atoms with E-state index in [9.17, 15) is 9.90 Å². The van der Waals surface area contributed by atoms with E-state index < -0.39 is 0 Å². The van der Waals surface area contributed by atoms with E-state index in [0.717, 1.165) is 11.1 Å². The van der Waals surface area contributed by atoms with Crippen LogP contribution in [0.2, 0.25) is 0 Å². The monoisotopic (exact) mass is 353 g/mol. The van der Waals surface area contributed by atoms with E-state index in [1.165, 1.54) is 28.8 Å². The van der Waals surface area contributed by atoms with Gasteiger partial charge < -0.3 is 5.11 Å². The van der Waals surface area contributed by atoms with Crippen molar-refractivity contribution in [3.8, 4) is 5.75 Å². The van der Waals surface area contributed by atoms with Gasteiger partial charge in [-0.1, -0.05) is 60.4 Å². The van der Waals surface area contributed by atoms with Crippen LogP contribution in [-0.2, 0) is 4.79 Å². The molecule has 2 aromatic carbocycles. The molecule has 1 aliphatic rings. The minimum Gasteiger partial charge on any atom is -0.508 e. The number of phenols is 1. The van der Waals surface area contributed by atoms with E-state index >= 15 is 0 Å². The Bertz CT molecular complexity index is 839. The second kappa shape index (κ2) is 7.03. The van der Waals surface area contributed by atoms with Gasteiger partial charge in [0.15, 0.2) is 4.32 Å². The smallest absolute Gasteiger partial charge is 0.270 e. The average Bonchev–Trinajstić information content (AvgIpc) is 2.83. The average molecular weight is 353 g/mol. The normalized spacial score (nSPS) is 17.0. The molecule has 3 nitrogen and oxygen atoms in total. The van der Waals surface area contributed by atoms with Crippen molar-refractivity contribution < 1.29 is 9.90 Å². The van der Waals surface area contributed by atoms with Crippen LogP contribution in [-0.4, -0.2) is 15.3 Å². The van der Waals surface area contributed by atoms with Gasteiger partial charge >= 0.3 is 0 Å². The predicted molar refractivity (Wildman–Crippen MR) is 104 cm³/mol. The maximum atomic E-state index is 12.6. The van der Waals surface area contributed by atoms with Crippen LogP contribution in [0.4, 0.5) is 5.69 Å². The van der Waals surface area contributed by atoms with Crippen LogP contribution < -0.4 is 4.90 Å². The molecule has 0 bridgehead atoms. The summed E-state index contributed by atoms with van der Waals surface area (Å²) in [4.78, 5) is 14.7. The molecule has 1 N–H and O–H groups in total. The SMILES string of the molecule is CC(=C\c1ccccc1)/C=C1/SC(=S)N(c2ccc(O)cc2)C1=O. The van der Waals surface area contributed by atoms with E-state index in [1.807, 2.05) is 49.4 Å². The predicted octanol–water partition coefficient (Wildman–Crippen LogP) is 4.74. The molecule has 5 heteroatoms. The first-order chi connectivity index (χ1) is 11.5. The van der Waals surface area contributed by atoms with Gasteiger partial charge in [-0.3, -0.25) is 9.69 Å². The highest BCUT2D eigenvalue weighted by molar-refractivity contribution is 8.27. The molecule has 1 fully saturated rings. The van der Waals surface area contributed by atoms with Crippen LogP contribution in [0.1, 0.15) is 12.5 Å². The van der Waals surface area contributed by atoms with Crippen LogP contribution in [0.5, 0.6) is 5.75 Å². The molecule has 0 aliphatic carbocycles. The molecule has 0 saturated carbocycles. The Balaban J connectivity index is 1.85. The van der Waals surface area contributed by atoms with Gasteiger partial charge in [-0.15, -0.1) is 0 Å². The Kier molecular flexibility index (Phi) is 4.83. The van der Waals surface area contributed by atoms with Gasteiger partial charge in [-0.25, -0.2) is 0 Å². The fourth-order valence-electron chi connectivity index (χ4n) is 2.35. The van der Waals surface area contributed by atoms with Gasteiger partial charge in [0.25, 0.3) is 5.91 Å². The number of anilines is 1. The molecule has 2 aromatic rings. The lowest BCUT2D eigenvalue weighted by molar-refractivity contribution is -0.113. The highest BCUT2D eigenvalue weighted by atomic mass is 32.2. The Hall–Kier alpha value is -2.37. The minimum absolute atomic E-state index is 0.142. The minimum atomic E-state index is -0.142. The number of rotatable bonds is 3. The van der Waals surface area contributed by atoms with Crippen LogP contribution in [0, 0.1) is 0 Å². The number of carbonyl (C=O) groups excluding carboxylic acids is 1. The van der Waals surface area contributed by atoms with Gasteiger partial charge in [0.05, 0.1) is 10.6 Å². The Labute approximate surface area is 150 Å². The molecule has 1 heterocycles. The fourth-order valence-corrected chi connectivity index (χ4v) is 3.70. The first-order valence-corrected chi connectivity index (χ1v) is 8.57. The van der Waals surface area contributed by atoms with Crippen molar-refractivity contribution in [1.29, 1.82) is 0 Å².